The fraction of sp³-hybridized carbons (Fsp3) is 0.909. The molecule has 1 aliphatic heterocycles. The van der Waals surface area contributed by atoms with Crippen molar-refractivity contribution in [1.29, 1.82) is 0 Å². The van der Waals surface area contributed by atoms with Crippen LogP contribution in [0, 0.1) is 5.92 Å². The number of nitrogens with zero attached hydrogens (tertiary/aromatic N) is 1. The van der Waals surface area contributed by atoms with Crippen LogP contribution in [0.2, 0.25) is 0 Å². The lowest BCUT2D eigenvalue weighted by atomic mass is 10.2. The highest BCUT2D eigenvalue weighted by molar-refractivity contribution is 7.97. The van der Waals surface area contributed by atoms with Crippen LogP contribution in [0.3, 0.4) is 0 Å². The predicted molar refractivity (Wildman–Crippen MR) is 65.2 cm³/mol. The van der Waals surface area contributed by atoms with Gasteiger partial charge in [0.2, 0.25) is 5.91 Å². The van der Waals surface area contributed by atoms with Gasteiger partial charge in [0.1, 0.15) is 0 Å². The molecule has 1 unspecified atom stereocenters. The topological polar surface area (TPSA) is 41.6 Å². The van der Waals surface area contributed by atoms with E-state index in [0.29, 0.717) is 25.0 Å². The molecule has 0 spiro atoms. The Kier molecular flexibility index (Phi) is 4.49. The standard InChI is InChI=1S/C11H20N2O2S/c1-2-16-12-10-7-13(5-6-15-8-10)11(14)9-3-4-9/h9-10,12H,2-8H2,1H3. The Labute approximate surface area is 101 Å². The maximum atomic E-state index is 12.0. The summed E-state index contributed by atoms with van der Waals surface area (Å²) < 4.78 is 8.87. The van der Waals surface area contributed by atoms with Crippen molar-refractivity contribution in [3.05, 3.63) is 0 Å². The van der Waals surface area contributed by atoms with Crippen LogP contribution in [0.25, 0.3) is 0 Å². The Hall–Kier alpha value is -0.260. The molecular formula is C11H20N2O2S. The minimum Gasteiger partial charge on any atom is -0.378 e. The molecule has 1 amide bonds. The van der Waals surface area contributed by atoms with E-state index in [4.69, 9.17) is 4.74 Å². The average Bonchev–Trinajstić information content (AvgIpc) is 3.12. The van der Waals surface area contributed by atoms with Crippen LogP contribution in [0.5, 0.6) is 0 Å². The van der Waals surface area contributed by atoms with Crippen LogP contribution in [-0.4, -0.2) is 48.9 Å². The second-order valence-corrected chi connectivity index (χ2v) is 5.48. The van der Waals surface area contributed by atoms with Gasteiger partial charge in [-0.15, -0.1) is 0 Å². The lowest BCUT2D eigenvalue weighted by Crippen LogP contribution is -2.42. The van der Waals surface area contributed by atoms with Crippen LogP contribution in [-0.2, 0) is 9.53 Å². The van der Waals surface area contributed by atoms with Gasteiger partial charge >= 0.3 is 0 Å². The third kappa shape index (κ3) is 3.37. The van der Waals surface area contributed by atoms with Gasteiger partial charge in [0.05, 0.1) is 19.3 Å². The zero-order valence-corrected chi connectivity index (χ0v) is 10.6. The van der Waals surface area contributed by atoms with Crippen LogP contribution in [0.4, 0.5) is 0 Å². The summed E-state index contributed by atoms with van der Waals surface area (Å²) in [5.74, 6) is 1.68. The quantitative estimate of drug-likeness (QED) is 0.746. The first-order valence-electron chi connectivity index (χ1n) is 6.05. The fourth-order valence-electron chi connectivity index (χ4n) is 1.87. The van der Waals surface area contributed by atoms with E-state index >= 15 is 0 Å². The lowest BCUT2D eigenvalue weighted by molar-refractivity contribution is -0.132. The number of carbonyl (C=O) groups is 1. The molecule has 0 radical (unpaired) electrons. The molecule has 92 valence electrons. The Morgan fingerprint density at radius 2 is 2.38 bits per heavy atom. The molecule has 2 rings (SSSR count). The molecule has 0 aromatic carbocycles. The number of rotatable bonds is 4. The third-order valence-electron chi connectivity index (χ3n) is 2.90. The highest BCUT2D eigenvalue weighted by atomic mass is 32.2. The van der Waals surface area contributed by atoms with Crippen molar-refractivity contribution in [3.8, 4) is 0 Å². The number of nitrogens with one attached hydrogen (secondary N) is 1. The van der Waals surface area contributed by atoms with E-state index < -0.39 is 0 Å². The smallest absolute Gasteiger partial charge is 0.225 e. The van der Waals surface area contributed by atoms with Gasteiger partial charge in [-0.25, -0.2) is 0 Å². The van der Waals surface area contributed by atoms with Crippen LogP contribution in [0.15, 0.2) is 0 Å². The van der Waals surface area contributed by atoms with E-state index in [9.17, 15) is 4.79 Å². The fourth-order valence-corrected chi connectivity index (χ4v) is 2.42. The van der Waals surface area contributed by atoms with Crippen molar-refractivity contribution in [1.82, 2.24) is 9.62 Å². The van der Waals surface area contributed by atoms with Gasteiger partial charge in [0.15, 0.2) is 0 Å². The molecular weight excluding hydrogens is 224 g/mol. The van der Waals surface area contributed by atoms with E-state index in [2.05, 4.69) is 11.6 Å². The molecule has 0 bridgehead atoms. The van der Waals surface area contributed by atoms with Gasteiger partial charge in [0, 0.05) is 24.8 Å². The molecule has 1 heterocycles. The lowest BCUT2D eigenvalue weighted by Gasteiger charge is -2.23. The van der Waals surface area contributed by atoms with E-state index in [1.807, 2.05) is 4.90 Å². The summed E-state index contributed by atoms with van der Waals surface area (Å²) in [6, 6.07) is 0.273. The van der Waals surface area contributed by atoms with Crippen molar-refractivity contribution in [3.63, 3.8) is 0 Å². The van der Waals surface area contributed by atoms with E-state index in [1.165, 1.54) is 0 Å². The maximum Gasteiger partial charge on any atom is 0.225 e. The molecule has 0 aromatic rings. The number of hydrogen-bond acceptors (Lipinski definition) is 4. The van der Waals surface area contributed by atoms with E-state index in [0.717, 1.165) is 31.7 Å². The van der Waals surface area contributed by atoms with Gasteiger partial charge in [-0.2, -0.15) is 0 Å². The highest BCUT2D eigenvalue weighted by Gasteiger charge is 2.34. The maximum absolute atomic E-state index is 12.0. The van der Waals surface area contributed by atoms with Gasteiger partial charge in [-0.05, 0) is 12.8 Å². The summed E-state index contributed by atoms with van der Waals surface area (Å²) in [5.41, 5.74) is 0. The predicted octanol–water partition coefficient (Wildman–Crippen LogP) is 0.881. The molecule has 2 fully saturated rings. The van der Waals surface area contributed by atoms with Crippen molar-refractivity contribution in [2.45, 2.75) is 25.8 Å². The molecule has 5 heteroatoms. The van der Waals surface area contributed by atoms with Gasteiger partial charge in [0.25, 0.3) is 0 Å². The first-order valence-corrected chi connectivity index (χ1v) is 7.03. The monoisotopic (exact) mass is 244 g/mol. The Balaban J connectivity index is 1.84. The average molecular weight is 244 g/mol. The van der Waals surface area contributed by atoms with Gasteiger partial charge in [-0.3, -0.25) is 9.52 Å². The van der Waals surface area contributed by atoms with Crippen molar-refractivity contribution in [2.24, 2.45) is 5.92 Å². The second-order valence-electron chi connectivity index (χ2n) is 4.38. The van der Waals surface area contributed by atoms with Crippen LogP contribution in [0.1, 0.15) is 19.8 Å². The summed E-state index contributed by atoms with van der Waals surface area (Å²) in [4.78, 5) is 13.9. The summed E-state index contributed by atoms with van der Waals surface area (Å²) in [7, 11) is 0. The summed E-state index contributed by atoms with van der Waals surface area (Å²) >= 11 is 1.69. The first-order chi connectivity index (χ1) is 7.81. The minimum absolute atomic E-state index is 0.273. The zero-order valence-electron chi connectivity index (χ0n) is 9.78. The summed E-state index contributed by atoms with van der Waals surface area (Å²) in [6.45, 7) is 5.05. The van der Waals surface area contributed by atoms with Crippen molar-refractivity contribution >= 4 is 17.9 Å². The molecule has 1 aliphatic carbocycles. The molecule has 1 saturated heterocycles. The third-order valence-corrected chi connectivity index (χ3v) is 3.69. The molecule has 16 heavy (non-hydrogen) atoms. The number of hydrogen-bond donors (Lipinski definition) is 1. The first kappa shape index (κ1) is 12.2. The highest BCUT2D eigenvalue weighted by Crippen LogP contribution is 2.31. The molecule has 0 aromatic heterocycles. The van der Waals surface area contributed by atoms with E-state index in [-0.39, 0.29) is 6.04 Å². The van der Waals surface area contributed by atoms with Crippen molar-refractivity contribution < 1.29 is 9.53 Å². The summed E-state index contributed by atoms with van der Waals surface area (Å²) in [6.07, 6.45) is 2.16. The largest absolute Gasteiger partial charge is 0.378 e. The molecule has 4 nitrogen and oxygen atoms in total. The molecule has 1 atom stereocenters. The second kappa shape index (κ2) is 5.89. The molecule has 1 N–H and O–H groups in total. The van der Waals surface area contributed by atoms with Crippen LogP contribution >= 0.6 is 11.9 Å². The van der Waals surface area contributed by atoms with Gasteiger partial charge < -0.3 is 9.64 Å². The van der Waals surface area contributed by atoms with E-state index in [1.54, 1.807) is 11.9 Å². The Morgan fingerprint density at radius 1 is 1.56 bits per heavy atom. The van der Waals surface area contributed by atoms with Crippen LogP contribution < -0.4 is 4.72 Å². The normalized spacial score (nSPS) is 26.6. The SMILES string of the molecule is CCSNC1COCCN(C(=O)C2CC2)C1. The number of carbonyl (C=O) groups excluding carboxylic acids is 1. The summed E-state index contributed by atoms with van der Waals surface area (Å²) in [5, 5.41) is 0. The zero-order chi connectivity index (χ0) is 11.4. The molecule has 1 saturated carbocycles. The van der Waals surface area contributed by atoms with Crippen molar-refractivity contribution in [2.75, 3.05) is 32.1 Å². The molecule has 2 aliphatic rings. The number of ether oxygens (including phenoxy) is 1. The Morgan fingerprint density at radius 3 is 3.06 bits per heavy atom. The Bertz CT molecular complexity index is 246. The van der Waals surface area contributed by atoms with Gasteiger partial charge in [-0.1, -0.05) is 18.9 Å². The minimum atomic E-state index is 0.273. The number of amides is 1.